The van der Waals surface area contributed by atoms with Gasteiger partial charge in [0.1, 0.15) is 6.54 Å². The predicted molar refractivity (Wildman–Crippen MR) is 85.6 cm³/mol. The Morgan fingerprint density at radius 2 is 2.13 bits per heavy atom. The quantitative estimate of drug-likeness (QED) is 0.884. The summed E-state index contributed by atoms with van der Waals surface area (Å²) in [6.07, 6.45) is 4.18. The van der Waals surface area contributed by atoms with Gasteiger partial charge in [-0.25, -0.2) is 8.42 Å². The van der Waals surface area contributed by atoms with Gasteiger partial charge in [-0.1, -0.05) is 18.2 Å². The van der Waals surface area contributed by atoms with E-state index < -0.39 is 10.0 Å². The molecule has 0 fully saturated rings. The van der Waals surface area contributed by atoms with Crippen molar-refractivity contribution < 1.29 is 13.2 Å². The summed E-state index contributed by atoms with van der Waals surface area (Å²) in [4.78, 5) is 15.4. The first-order valence-electron chi connectivity index (χ1n) is 7.18. The van der Waals surface area contributed by atoms with Crippen LogP contribution in [0.3, 0.4) is 0 Å². The Morgan fingerprint density at radius 3 is 2.91 bits per heavy atom. The fourth-order valence-electron chi connectivity index (χ4n) is 2.61. The Hall–Kier alpha value is -2.42. The van der Waals surface area contributed by atoms with Gasteiger partial charge in [-0.05, 0) is 24.5 Å². The number of aryl methyl sites for hydroxylation is 1. The highest BCUT2D eigenvalue weighted by Gasteiger charge is 2.22. The van der Waals surface area contributed by atoms with Crippen LogP contribution in [0.15, 0.2) is 30.5 Å². The molecule has 2 heterocycles. The average Bonchev–Trinajstić information content (AvgIpc) is 2.91. The SMILES string of the molecule is CS(=O)(=O)Nc1cnn(CC(=O)N2CCCc3ccccc32)n1. The molecule has 1 aromatic carbocycles. The fourth-order valence-corrected chi connectivity index (χ4v) is 3.08. The van der Waals surface area contributed by atoms with Crippen LogP contribution in [0, 0.1) is 0 Å². The number of para-hydroxylation sites is 1. The molecule has 0 unspecified atom stereocenters. The van der Waals surface area contributed by atoms with E-state index in [1.54, 1.807) is 4.90 Å². The minimum atomic E-state index is -3.41. The van der Waals surface area contributed by atoms with Crippen LogP contribution < -0.4 is 9.62 Å². The third-order valence-corrected chi connectivity index (χ3v) is 4.09. The standard InChI is InChI=1S/C14H17N5O3S/c1-23(21,22)17-13-9-15-19(16-13)10-14(20)18-8-4-6-11-5-2-3-7-12(11)18/h2-3,5,7,9H,4,6,8,10H2,1H3,(H,16,17). The van der Waals surface area contributed by atoms with E-state index in [2.05, 4.69) is 14.9 Å². The van der Waals surface area contributed by atoms with Crippen LogP contribution in [0.4, 0.5) is 11.5 Å². The molecule has 0 bridgehead atoms. The Labute approximate surface area is 134 Å². The number of sulfonamides is 1. The number of carbonyl (C=O) groups is 1. The number of carbonyl (C=O) groups excluding carboxylic acids is 1. The van der Waals surface area contributed by atoms with E-state index in [-0.39, 0.29) is 18.3 Å². The highest BCUT2D eigenvalue weighted by atomic mass is 32.2. The Kier molecular flexibility index (Phi) is 4.03. The topological polar surface area (TPSA) is 97.2 Å². The molecule has 0 radical (unpaired) electrons. The molecule has 1 aromatic heterocycles. The molecule has 1 aliphatic rings. The summed E-state index contributed by atoms with van der Waals surface area (Å²) < 4.78 is 24.5. The summed E-state index contributed by atoms with van der Waals surface area (Å²) in [6.45, 7) is 0.616. The van der Waals surface area contributed by atoms with Crippen molar-refractivity contribution in [2.75, 3.05) is 22.4 Å². The van der Waals surface area contributed by atoms with Crippen molar-refractivity contribution in [3.05, 3.63) is 36.0 Å². The van der Waals surface area contributed by atoms with Crippen molar-refractivity contribution in [3.8, 4) is 0 Å². The zero-order valence-electron chi connectivity index (χ0n) is 12.6. The maximum atomic E-state index is 12.5. The lowest BCUT2D eigenvalue weighted by Crippen LogP contribution is -2.38. The third-order valence-electron chi connectivity index (χ3n) is 3.51. The molecule has 8 nitrogen and oxygen atoms in total. The second-order valence-corrected chi connectivity index (χ2v) is 7.16. The Balaban J connectivity index is 1.73. The van der Waals surface area contributed by atoms with E-state index in [0.717, 1.165) is 30.3 Å². The molecule has 9 heteroatoms. The summed E-state index contributed by atoms with van der Waals surface area (Å²) in [7, 11) is -3.41. The number of nitrogens with zero attached hydrogens (tertiary/aromatic N) is 4. The minimum absolute atomic E-state index is 0.0419. The Bertz CT molecular complexity index is 830. The zero-order valence-corrected chi connectivity index (χ0v) is 13.5. The summed E-state index contributed by atoms with van der Waals surface area (Å²) in [5.74, 6) is -0.0296. The van der Waals surface area contributed by atoms with Gasteiger partial charge >= 0.3 is 0 Å². The van der Waals surface area contributed by atoms with E-state index in [1.165, 1.54) is 11.0 Å². The van der Waals surface area contributed by atoms with Gasteiger partial charge in [0.15, 0.2) is 5.82 Å². The lowest BCUT2D eigenvalue weighted by Gasteiger charge is -2.29. The van der Waals surface area contributed by atoms with E-state index in [4.69, 9.17) is 0 Å². The zero-order chi connectivity index (χ0) is 16.4. The summed E-state index contributed by atoms with van der Waals surface area (Å²) in [5, 5.41) is 7.88. The normalized spacial score (nSPS) is 14.4. The van der Waals surface area contributed by atoms with Gasteiger partial charge in [0.2, 0.25) is 10.0 Å². The monoisotopic (exact) mass is 335 g/mol. The molecule has 23 heavy (non-hydrogen) atoms. The van der Waals surface area contributed by atoms with Crippen molar-refractivity contribution in [2.45, 2.75) is 19.4 Å². The Morgan fingerprint density at radius 1 is 1.35 bits per heavy atom. The molecule has 0 atom stereocenters. The van der Waals surface area contributed by atoms with Crippen LogP contribution in [0.1, 0.15) is 12.0 Å². The van der Waals surface area contributed by atoms with Crippen molar-refractivity contribution in [2.24, 2.45) is 0 Å². The average molecular weight is 335 g/mol. The van der Waals surface area contributed by atoms with Gasteiger partial charge in [-0.15, -0.1) is 5.10 Å². The fraction of sp³-hybridized carbons (Fsp3) is 0.357. The van der Waals surface area contributed by atoms with Crippen LogP contribution in [-0.2, 0) is 27.8 Å². The van der Waals surface area contributed by atoms with E-state index in [0.29, 0.717) is 6.54 Å². The first-order chi connectivity index (χ1) is 10.9. The van der Waals surface area contributed by atoms with Crippen LogP contribution in [0.5, 0.6) is 0 Å². The largest absolute Gasteiger partial charge is 0.310 e. The highest BCUT2D eigenvalue weighted by molar-refractivity contribution is 7.92. The molecule has 0 spiro atoms. The second-order valence-electron chi connectivity index (χ2n) is 5.41. The van der Waals surface area contributed by atoms with Gasteiger partial charge < -0.3 is 4.90 Å². The number of rotatable bonds is 4. The number of hydrogen-bond acceptors (Lipinski definition) is 5. The van der Waals surface area contributed by atoms with Gasteiger partial charge in [0.25, 0.3) is 5.91 Å². The smallest absolute Gasteiger partial charge is 0.250 e. The molecular formula is C14H17N5O3S. The molecule has 2 aromatic rings. The molecule has 3 rings (SSSR count). The van der Waals surface area contributed by atoms with Crippen molar-refractivity contribution in [3.63, 3.8) is 0 Å². The van der Waals surface area contributed by atoms with Gasteiger partial charge in [0, 0.05) is 12.2 Å². The second kappa shape index (κ2) is 5.99. The highest BCUT2D eigenvalue weighted by Crippen LogP contribution is 2.26. The van der Waals surface area contributed by atoms with E-state index in [9.17, 15) is 13.2 Å². The van der Waals surface area contributed by atoms with Crippen LogP contribution in [0.25, 0.3) is 0 Å². The lowest BCUT2D eigenvalue weighted by atomic mass is 10.0. The predicted octanol–water partition coefficient (Wildman–Crippen LogP) is 0.629. The molecule has 122 valence electrons. The molecule has 1 N–H and O–H groups in total. The van der Waals surface area contributed by atoms with Crippen LogP contribution >= 0.6 is 0 Å². The minimum Gasteiger partial charge on any atom is -0.310 e. The van der Waals surface area contributed by atoms with Crippen LogP contribution in [0.2, 0.25) is 0 Å². The van der Waals surface area contributed by atoms with Gasteiger partial charge in [0.05, 0.1) is 12.5 Å². The maximum Gasteiger partial charge on any atom is 0.250 e. The number of amides is 1. The molecule has 0 aliphatic carbocycles. The number of anilines is 2. The number of hydrogen-bond donors (Lipinski definition) is 1. The van der Waals surface area contributed by atoms with Crippen molar-refractivity contribution in [1.82, 2.24) is 15.0 Å². The molecular weight excluding hydrogens is 318 g/mol. The number of fused-ring (bicyclic) bond motifs is 1. The molecule has 1 amide bonds. The summed E-state index contributed by atoms with van der Waals surface area (Å²) >= 11 is 0. The maximum absolute atomic E-state index is 12.5. The number of nitrogens with one attached hydrogen (secondary N) is 1. The van der Waals surface area contributed by atoms with E-state index >= 15 is 0 Å². The third kappa shape index (κ3) is 3.67. The lowest BCUT2D eigenvalue weighted by molar-refractivity contribution is -0.119. The van der Waals surface area contributed by atoms with E-state index in [1.807, 2.05) is 24.3 Å². The van der Waals surface area contributed by atoms with Crippen LogP contribution in [-0.4, -0.2) is 42.1 Å². The van der Waals surface area contributed by atoms with Crippen molar-refractivity contribution >= 4 is 27.4 Å². The number of benzene rings is 1. The number of aromatic nitrogens is 3. The first-order valence-corrected chi connectivity index (χ1v) is 9.08. The van der Waals surface area contributed by atoms with Crippen molar-refractivity contribution in [1.29, 1.82) is 0 Å². The summed E-state index contributed by atoms with van der Waals surface area (Å²) in [5.41, 5.74) is 2.07. The summed E-state index contributed by atoms with van der Waals surface area (Å²) in [6, 6.07) is 7.82. The molecule has 1 aliphatic heterocycles. The van der Waals surface area contributed by atoms with Gasteiger partial charge in [-0.3, -0.25) is 9.52 Å². The molecule has 0 saturated heterocycles. The molecule has 0 saturated carbocycles. The first kappa shape index (κ1) is 15.5. The van der Waals surface area contributed by atoms with Gasteiger partial charge in [-0.2, -0.15) is 9.90 Å².